The minimum absolute atomic E-state index is 0.0336. The first-order chi connectivity index (χ1) is 42.8. The highest BCUT2D eigenvalue weighted by molar-refractivity contribution is 5.89. The van der Waals surface area contributed by atoms with Crippen LogP contribution in [0.1, 0.15) is 202 Å². The Morgan fingerprint density at radius 3 is 1.23 bits per heavy atom. The maximum absolute atomic E-state index is 14.1. The number of imidazole rings is 2. The molecule has 532 valence electrons. The lowest BCUT2D eigenvalue weighted by atomic mass is 10.1. The van der Waals surface area contributed by atoms with E-state index in [1.54, 1.807) is 142 Å². The molecule has 29 nitrogen and oxygen atoms in total. The van der Waals surface area contributed by atoms with Gasteiger partial charge in [-0.1, -0.05) is 0 Å². The number of hydrogen-bond donors (Lipinski definition) is 4. The van der Waals surface area contributed by atoms with E-state index < -0.39 is 142 Å². The van der Waals surface area contributed by atoms with E-state index >= 15 is 0 Å². The summed E-state index contributed by atoms with van der Waals surface area (Å²) in [5, 5.41) is 17.8. The fourth-order valence-corrected chi connectivity index (χ4v) is 8.69. The van der Waals surface area contributed by atoms with Crippen molar-refractivity contribution in [3.63, 3.8) is 0 Å². The van der Waals surface area contributed by atoms with Crippen molar-refractivity contribution in [2.24, 2.45) is 0 Å². The molecule has 5 amide bonds. The molecule has 94 heavy (non-hydrogen) atoms. The number of amides is 5. The maximum Gasteiger partial charge on any atom is 0.329 e. The molecule has 0 aliphatic heterocycles. The van der Waals surface area contributed by atoms with Crippen LogP contribution in [0.4, 0.5) is 4.79 Å². The van der Waals surface area contributed by atoms with Gasteiger partial charge in [-0.25, -0.2) is 29.1 Å². The van der Waals surface area contributed by atoms with E-state index in [4.69, 9.17) is 33.2 Å². The van der Waals surface area contributed by atoms with Crippen LogP contribution in [-0.2, 0) is 107 Å². The summed E-state index contributed by atoms with van der Waals surface area (Å²) in [4.78, 5) is 160. The summed E-state index contributed by atoms with van der Waals surface area (Å²) < 4.78 is 42.0. The second-order valence-corrected chi connectivity index (χ2v) is 29.8. The van der Waals surface area contributed by atoms with Crippen molar-refractivity contribution < 1.29 is 91.0 Å². The summed E-state index contributed by atoms with van der Waals surface area (Å²) in [7, 11) is 0. The summed E-state index contributed by atoms with van der Waals surface area (Å²) in [5.74, 6) is -7.01. The topological polar surface area (TPSA) is 354 Å². The average Bonchev–Trinajstić information content (AvgIpc) is 1.64. The second-order valence-electron chi connectivity index (χ2n) is 29.8. The number of ether oxygens (including phenoxy) is 7. The van der Waals surface area contributed by atoms with Gasteiger partial charge in [-0.3, -0.25) is 38.5 Å². The Morgan fingerprint density at radius 1 is 0.457 bits per heavy atom. The van der Waals surface area contributed by atoms with Crippen LogP contribution >= 0.6 is 0 Å². The number of rotatable bonds is 34. The lowest BCUT2D eigenvalue weighted by molar-refractivity contribution is -0.164. The van der Waals surface area contributed by atoms with E-state index in [1.165, 1.54) is 21.9 Å². The molecule has 0 spiro atoms. The molecule has 3 unspecified atom stereocenters. The molecular formula is C65H108N10O19. The molecule has 2 heterocycles. The van der Waals surface area contributed by atoms with Gasteiger partial charge in [0.05, 0.1) is 25.3 Å². The third-order valence-corrected chi connectivity index (χ3v) is 12.3. The number of aromatic nitrogens is 4. The lowest BCUT2D eigenvalue weighted by Gasteiger charge is -2.28. The predicted molar refractivity (Wildman–Crippen MR) is 344 cm³/mol. The smallest absolute Gasteiger partial charge is 0.329 e. The first kappa shape index (κ1) is 82.4. The van der Waals surface area contributed by atoms with Gasteiger partial charge in [0.2, 0.25) is 17.7 Å². The molecule has 2 aromatic rings. The fourth-order valence-electron chi connectivity index (χ4n) is 8.69. The largest absolute Gasteiger partial charge is 0.480 e. The Balaban J connectivity index is 2.48. The zero-order chi connectivity index (χ0) is 72.0. The minimum Gasteiger partial charge on any atom is -0.480 e. The number of carboxylic acid groups (broad SMARTS) is 1. The summed E-state index contributed by atoms with van der Waals surface area (Å²) >= 11 is 0. The second kappa shape index (κ2) is 35.7. The normalized spacial score (nSPS) is 13.3. The van der Waals surface area contributed by atoms with Crippen molar-refractivity contribution in [2.75, 3.05) is 39.3 Å². The van der Waals surface area contributed by atoms with Crippen molar-refractivity contribution in [1.29, 1.82) is 0 Å². The molecule has 0 aliphatic rings. The van der Waals surface area contributed by atoms with Crippen LogP contribution in [0.15, 0.2) is 24.8 Å². The van der Waals surface area contributed by atoms with E-state index in [2.05, 4.69) is 25.9 Å². The van der Waals surface area contributed by atoms with Crippen LogP contribution in [0.25, 0.3) is 0 Å². The van der Waals surface area contributed by atoms with Crippen molar-refractivity contribution in [3.8, 4) is 0 Å². The van der Waals surface area contributed by atoms with Crippen LogP contribution in [-0.4, -0.2) is 201 Å². The van der Waals surface area contributed by atoms with Crippen LogP contribution in [0.5, 0.6) is 0 Å². The average molecular weight is 1330 g/mol. The molecule has 0 saturated carbocycles. The van der Waals surface area contributed by atoms with Crippen LogP contribution in [0.2, 0.25) is 0 Å². The van der Waals surface area contributed by atoms with Gasteiger partial charge < -0.3 is 73.1 Å². The fraction of sp³-hybridized carbons (Fsp3) is 0.738. The summed E-state index contributed by atoms with van der Waals surface area (Å²) in [6, 6.07) is -5.30. The molecule has 4 N–H and O–H groups in total. The highest BCUT2D eigenvalue weighted by Gasteiger charge is 2.34. The van der Waals surface area contributed by atoms with Gasteiger partial charge >= 0.3 is 47.8 Å². The molecule has 3 atom stereocenters. The molecule has 0 fully saturated rings. The number of hydrogen-bond acceptors (Lipinski definition) is 21. The zero-order valence-electron chi connectivity index (χ0n) is 59.5. The minimum atomic E-state index is -1.48. The molecule has 2 aromatic heterocycles. The molecular weight excluding hydrogens is 1220 g/mol. The lowest BCUT2D eigenvalue weighted by Crippen LogP contribution is -2.53. The Hall–Kier alpha value is -7.69. The highest BCUT2D eigenvalue weighted by Crippen LogP contribution is 2.19. The van der Waals surface area contributed by atoms with Gasteiger partial charge in [0, 0.05) is 44.2 Å². The molecule has 0 radical (unpaired) electrons. The van der Waals surface area contributed by atoms with Crippen molar-refractivity contribution in [1.82, 2.24) is 49.8 Å². The van der Waals surface area contributed by atoms with Gasteiger partial charge in [0.15, 0.2) is 0 Å². The van der Waals surface area contributed by atoms with Gasteiger partial charge in [-0.05, 0) is 184 Å². The van der Waals surface area contributed by atoms with Crippen molar-refractivity contribution >= 4 is 65.5 Å². The Bertz CT molecular complexity index is 2840. The first-order valence-electron chi connectivity index (χ1n) is 31.7. The standard InChI is InChI=1S/C65H108N10O19/c1-59(2,3)88-35-34-74(40-52(80)90-61(7,8)9)49(77)38-72-32-29-66-46(72)36-71(37-47-67-30-33-73(47)39-50(78)75(41-53(81)91-62(10,11)12)42-54(82)92-63(13,14)15)31-23-22-24-43(55(83)84)68-48(76)27-25-44(56(85)93-64(16,17)18)69-58(87)70-45(57(86)94-65(19,20)21)26-28-51(79)89-60(4,5)6/h29-30,32-33,43-45H,22-28,31,34-42H2,1-21H3,(H,68,76)(H,83,84)(H2,69,70,87). The molecule has 0 aliphatic carbocycles. The summed E-state index contributed by atoms with van der Waals surface area (Å²) in [5.41, 5.74) is -5.98. The Kier molecular flexibility index (Phi) is 31.3. The SMILES string of the molecule is CC(C)(C)OCCN(CC(=O)OC(C)(C)C)C(=O)Cn1ccnc1CN(CCCCC(NC(=O)CCC(NC(=O)NC(CCC(=O)OC(C)(C)C)C(=O)OC(C)(C)C)C(=O)OC(C)(C)C)C(=O)O)Cc1nccn1CC(=O)N(CC(=O)OC(C)(C)C)CC(=O)OC(C)(C)C. The van der Waals surface area contributed by atoms with E-state index in [9.17, 15) is 57.8 Å². The third kappa shape index (κ3) is 36.7. The number of carboxylic acids is 1. The number of urea groups is 1. The maximum atomic E-state index is 14.1. The van der Waals surface area contributed by atoms with Crippen LogP contribution in [0.3, 0.4) is 0 Å². The summed E-state index contributed by atoms with van der Waals surface area (Å²) in [6.07, 6.45) is 5.22. The number of esters is 6. The van der Waals surface area contributed by atoms with Gasteiger partial charge in [0.25, 0.3) is 0 Å². The number of unbranched alkanes of at least 4 members (excludes halogenated alkanes) is 1. The van der Waals surface area contributed by atoms with Gasteiger partial charge in [-0.2, -0.15) is 0 Å². The van der Waals surface area contributed by atoms with Gasteiger partial charge in [0.1, 0.15) is 96.1 Å². The zero-order valence-corrected chi connectivity index (χ0v) is 59.5. The van der Waals surface area contributed by atoms with Gasteiger partial charge in [-0.15, -0.1) is 0 Å². The van der Waals surface area contributed by atoms with E-state index in [-0.39, 0.29) is 84.5 Å². The highest BCUT2D eigenvalue weighted by atomic mass is 16.6. The predicted octanol–water partition coefficient (Wildman–Crippen LogP) is 5.94. The number of carbonyl (C=O) groups excluding carboxylic acids is 10. The number of nitrogens with one attached hydrogen (secondary N) is 3. The number of nitrogens with zero attached hydrogens (tertiary/aromatic N) is 7. The first-order valence-corrected chi connectivity index (χ1v) is 31.7. The van der Waals surface area contributed by atoms with E-state index in [0.717, 1.165) is 4.90 Å². The van der Waals surface area contributed by atoms with E-state index in [0.29, 0.717) is 18.1 Å². The van der Waals surface area contributed by atoms with Crippen molar-refractivity contribution in [2.45, 2.75) is 274 Å². The molecule has 0 aromatic carbocycles. The Labute approximate surface area is 554 Å². The number of carbonyl (C=O) groups is 11. The molecule has 0 bridgehead atoms. The molecule has 0 saturated heterocycles. The third-order valence-electron chi connectivity index (χ3n) is 12.3. The Morgan fingerprint density at radius 2 is 0.840 bits per heavy atom. The number of aliphatic carboxylic acids is 1. The van der Waals surface area contributed by atoms with Crippen molar-refractivity contribution in [3.05, 3.63) is 36.4 Å². The summed E-state index contributed by atoms with van der Waals surface area (Å²) in [6.45, 7) is 33.8. The quantitative estimate of drug-likeness (QED) is 0.0358. The molecule has 2 rings (SSSR count). The van der Waals surface area contributed by atoms with Crippen LogP contribution in [0, 0.1) is 0 Å². The monoisotopic (exact) mass is 1330 g/mol. The molecule has 29 heteroatoms. The van der Waals surface area contributed by atoms with Crippen LogP contribution < -0.4 is 16.0 Å². The van der Waals surface area contributed by atoms with E-state index in [1.807, 2.05) is 25.7 Å².